The van der Waals surface area contributed by atoms with Gasteiger partial charge in [0, 0.05) is 64.0 Å². The van der Waals surface area contributed by atoms with Gasteiger partial charge in [0.25, 0.3) is 0 Å². The Morgan fingerprint density at radius 2 is 0.662 bits per heavy atom. The Morgan fingerprint density at radius 3 is 1.04 bits per heavy atom. The molecule has 80 heavy (non-hydrogen) atoms. The second-order valence-electron chi connectivity index (χ2n) is 21.1. The molecule has 2 aliphatic rings. The fraction of sp³-hybridized carbons (Fsp3) is 0.0139. The van der Waals surface area contributed by atoms with Crippen molar-refractivity contribution in [1.82, 2.24) is 28.2 Å². The van der Waals surface area contributed by atoms with E-state index < -0.39 is 5.41 Å². The monoisotopic (exact) mass is 1040 g/mol. The molecule has 1 aliphatic carbocycles. The molecule has 0 unspecified atom stereocenters. The molecule has 10 aromatic carbocycles. The van der Waals surface area contributed by atoms with Crippen LogP contribution in [0, 0.1) is 11.3 Å². The van der Waals surface area contributed by atoms with Gasteiger partial charge in [-0.1, -0.05) is 163 Å². The lowest BCUT2D eigenvalue weighted by Crippen LogP contribution is -2.33. The third-order valence-electron chi connectivity index (χ3n) is 17.3. The number of hydrogen-bond donors (Lipinski definition) is 0. The molecule has 18 rings (SSSR count). The number of hydrogen-bond acceptors (Lipinski definition) is 4. The zero-order valence-electron chi connectivity index (χ0n) is 42.7. The fourth-order valence-corrected chi connectivity index (χ4v) is 15.6. The van der Waals surface area contributed by atoms with Crippen molar-refractivity contribution in [1.29, 1.82) is 5.26 Å². The van der Waals surface area contributed by atoms with Gasteiger partial charge < -0.3 is 18.3 Å². The van der Waals surface area contributed by atoms with E-state index in [2.05, 4.69) is 255 Å². The topological polar surface area (TPSA) is 69.3 Å². The van der Waals surface area contributed by atoms with E-state index in [4.69, 9.17) is 9.97 Å². The van der Waals surface area contributed by atoms with E-state index >= 15 is 0 Å². The first kappa shape index (κ1) is 43.6. The van der Waals surface area contributed by atoms with Crippen LogP contribution in [0.4, 0.5) is 0 Å². The Kier molecular flexibility index (Phi) is 8.76. The molecular formula is C72H41N7S. The van der Waals surface area contributed by atoms with Gasteiger partial charge in [0.15, 0.2) is 0 Å². The van der Waals surface area contributed by atoms with Crippen LogP contribution in [0.3, 0.4) is 0 Å². The quantitative estimate of drug-likeness (QED) is 0.176. The second kappa shape index (κ2) is 16.1. The Morgan fingerprint density at radius 1 is 0.325 bits per heavy atom. The Balaban J connectivity index is 1.02. The highest BCUT2D eigenvalue weighted by Crippen LogP contribution is 2.64. The van der Waals surface area contributed by atoms with Crippen LogP contribution in [0.25, 0.3) is 121 Å². The molecule has 8 heteroatoms. The first-order chi connectivity index (χ1) is 39.7. The summed E-state index contributed by atoms with van der Waals surface area (Å²) in [5, 5.41) is 19.5. The van der Waals surface area contributed by atoms with E-state index in [-0.39, 0.29) is 0 Å². The van der Waals surface area contributed by atoms with Gasteiger partial charge >= 0.3 is 0 Å². The van der Waals surface area contributed by atoms with Crippen LogP contribution >= 0.6 is 11.8 Å². The highest BCUT2D eigenvalue weighted by Gasteiger charge is 2.53. The van der Waals surface area contributed by atoms with Crippen molar-refractivity contribution < 1.29 is 0 Å². The molecule has 7 nitrogen and oxygen atoms in total. The molecule has 0 fully saturated rings. The molecule has 0 bridgehead atoms. The van der Waals surface area contributed by atoms with Crippen molar-refractivity contribution in [2.75, 3.05) is 0 Å². The Hall–Kier alpha value is -10.5. The van der Waals surface area contributed by atoms with Crippen molar-refractivity contribution >= 4 is 99.0 Å². The predicted molar refractivity (Wildman–Crippen MR) is 326 cm³/mol. The van der Waals surface area contributed by atoms with Gasteiger partial charge in [0.2, 0.25) is 0 Å². The van der Waals surface area contributed by atoms with Crippen molar-refractivity contribution in [2.24, 2.45) is 0 Å². The van der Waals surface area contributed by atoms with Crippen LogP contribution in [0.5, 0.6) is 0 Å². The van der Waals surface area contributed by atoms with Crippen molar-refractivity contribution in [3.8, 4) is 40.2 Å². The zero-order chi connectivity index (χ0) is 52.4. The molecule has 16 aromatic rings. The van der Waals surface area contributed by atoms with Gasteiger partial charge in [-0.15, -0.1) is 0 Å². The van der Waals surface area contributed by atoms with Crippen molar-refractivity contribution in [3.63, 3.8) is 0 Å². The molecule has 0 saturated carbocycles. The summed E-state index contributed by atoms with van der Waals surface area (Å²) in [6.45, 7) is 0. The molecule has 370 valence electrons. The number of pyridine rings is 2. The summed E-state index contributed by atoms with van der Waals surface area (Å²) in [6.07, 6.45) is 4.08. The molecule has 7 heterocycles. The van der Waals surface area contributed by atoms with Crippen LogP contribution < -0.4 is 0 Å². The van der Waals surface area contributed by atoms with E-state index in [0.29, 0.717) is 5.56 Å². The molecule has 0 saturated heterocycles. The number of fused-ring (bicyclic) bond motifs is 21. The standard InChI is InChI=1S/C72H41N7S/c73-40-43-35-36-65-53(37-43)52-23-7-10-28-60(52)77(65)45-39-57-69(75-42-45)68-56(38-44(41-74-68)76-58-26-8-1-17-46(58)47-18-2-9-27-59(47)76)72(57)54-24-15-33-66(78-61-29-11-3-19-48(61)49-20-4-12-30-62(49)78)70(54)80-71-55(72)25-16-34-67(71)79-63-31-13-5-21-50(63)51-22-6-14-32-64(51)79/h1-39,41-42H. The minimum absolute atomic E-state index is 0.623. The normalized spacial score (nSPS) is 13.3. The average Bonchev–Trinajstić information content (AvgIpc) is 4.36. The van der Waals surface area contributed by atoms with Gasteiger partial charge in [0.05, 0.1) is 108 Å². The Labute approximate surface area is 462 Å². The van der Waals surface area contributed by atoms with Gasteiger partial charge in [-0.05, 0) is 96.1 Å². The SMILES string of the molecule is N#Cc1ccc2c(c1)c1ccccc1n2-c1cnc2c(c1)C1(c3cc(-n4c5ccccc5c5ccccc54)cnc3-2)c2cccc(-n3c4ccccc4c4ccccc43)c2Sc2c(-n3c4ccccc4c4ccccc43)cccc21. The summed E-state index contributed by atoms with van der Waals surface area (Å²) in [6, 6.07) is 88.4. The Bertz CT molecular complexity index is 5130. The minimum atomic E-state index is -0.971. The van der Waals surface area contributed by atoms with Crippen LogP contribution in [-0.2, 0) is 5.41 Å². The van der Waals surface area contributed by atoms with Crippen LogP contribution in [0.1, 0.15) is 27.8 Å². The maximum Gasteiger partial charge on any atom is 0.0991 e. The first-order valence-corrected chi connectivity index (χ1v) is 27.8. The summed E-state index contributed by atoms with van der Waals surface area (Å²) in [4.78, 5) is 13.6. The number of aromatic nitrogens is 6. The van der Waals surface area contributed by atoms with Gasteiger partial charge in [-0.3, -0.25) is 9.97 Å². The molecule has 1 spiro atoms. The largest absolute Gasteiger partial charge is 0.308 e. The highest BCUT2D eigenvalue weighted by atomic mass is 32.2. The van der Waals surface area contributed by atoms with Crippen LogP contribution in [0.2, 0.25) is 0 Å². The van der Waals surface area contributed by atoms with Crippen molar-refractivity contribution in [3.05, 3.63) is 277 Å². The van der Waals surface area contributed by atoms with Gasteiger partial charge in [0.1, 0.15) is 0 Å². The van der Waals surface area contributed by atoms with E-state index in [1.54, 1.807) is 0 Å². The van der Waals surface area contributed by atoms with E-state index in [0.717, 1.165) is 121 Å². The number of nitrogens with zero attached hydrogens (tertiary/aromatic N) is 7. The lowest BCUT2D eigenvalue weighted by Gasteiger charge is -2.41. The van der Waals surface area contributed by atoms with E-state index in [9.17, 15) is 5.26 Å². The van der Waals surface area contributed by atoms with Crippen LogP contribution in [-0.4, -0.2) is 28.2 Å². The van der Waals surface area contributed by atoms with E-state index in [1.807, 2.05) is 30.1 Å². The molecule has 6 aromatic heterocycles. The third-order valence-corrected chi connectivity index (χ3v) is 18.6. The molecule has 0 atom stereocenters. The lowest BCUT2D eigenvalue weighted by molar-refractivity contribution is 0.713. The third kappa shape index (κ3) is 5.58. The fourth-order valence-electron chi connectivity index (χ4n) is 14.2. The predicted octanol–water partition coefficient (Wildman–Crippen LogP) is 17.6. The molecular weight excluding hydrogens is 995 g/mol. The number of rotatable bonds is 4. The lowest BCUT2D eigenvalue weighted by atomic mass is 9.67. The summed E-state index contributed by atoms with van der Waals surface area (Å²) in [5.41, 5.74) is 18.8. The number of para-hydroxylation sites is 7. The first-order valence-electron chi connectivity index (χ1n) is 27.0. The molecule has 0 radical (unpaired) electrons. The summed E-state index contributed by atoms with van der Waals surface area (Å²) < 4.78 is 9.70. The summed E-state index contributed by atoms with van der Waals surface area (Å²) in [5.74, 6) is 0. The van der Waals surface area contributed by atoms with E-state index in [1.165, 1.54) is 32.3 Å². The number of nitriles is 1. The summed E-state index contributed by atoms with van der Waals surface area (Å²) >= 11 is 1.87. The molecule has 0 amide bonds. The molecule has 1 aliphatic heterocycles. The maximum absolute atomic E-state index is 10.2. The maximum atomic E-state index is 10.2. The van der Waals surface area contributed by atoms with Crippen LogP contribution in [0.15, 0.2) is 259 Å². The highest BCUT2D eigenvalue weighted by molar-refractivity contribution is 7.99. The summed E-state index contributed by atoms with van der Waals surface area (Å²) in [7, 11) is 0. The zero-order valence-corrected chi connectivity index (χ0v) is 43.5. The smallest absolute Gasteiger partial charge is 0.0991 e. The van der Waals surface area contributed by atoms with Gasteiger partial charge in [-0.25, -0.2) is 0 Å². The average molecular weight is 1040 g/mol. The second-order valence-corrected chi connectivity index (χ2v) is 22.2. The molecule has 0 N–H and O–H groups in total. The minimum Gasteiger partial charge on any atom is -0.308 e. The van der Waals surface area contributed by atoms with Gasteiger partial charge in [-0.2, -0.15) is 5.26 Å². The number of benzene rings is 10. The van der Waals surface area contributed by atoms with Crippen molar-refractivity contribution in [2.45, 2.75) is 15.2 Å².